The fourth-order valence-electron chi connectivity index (χ4n) is 4.79. The van der Waals surface area contributed by atoms with Crippen LogP contribution >= 0.6 is 22.9 Å². The average Bonchev–Trinajstić information content (AvgIpc) is 3.29. The maximum Gasteiger partial charge on any atom is 0.260 e. The molecule has 0 saturated carbocycles. The van der Waals surface area contributed by atoms with Crippen LogP contribution in [0.1, 0.15) is 46.3 Å². The molecule has 174 valence electrons. The van der Waals surface area contributed by atoms with E-state index in [1.165, 1.54) is 24.0 Å². The van der Waals surface area contributed by atoms with E-state index in [4.69, 9.17) is 21.3 Å². The largest absolute Gasteiger partial charge is 0.379 e. The van der Waals surface area contributed by atoms with E-state index >= 15 is 0 Å². The minimum Gasteiger partial charge on any atom is -0.379 e. The molecule has 1 fully saturated rings. The highest BCUT2D eigenvalue weighted by atomic mass is 35.5. The SMILES string of the molecule is Cc1c(Cl)ccc2sc(N(CCCN3CCOCC3)C(=O)c3ccc4c(c3)CCCC4)nc12. The number of hydrogen-bond donors (Lipinski definition) is 0. The number of aryl methyl sites for hydroxylation is 3. The van der Waals surface area contributed by atoms with Gasteiger partial charge in [-0.15, -0.1) is 0 Å². The molecule has 3 aromatic rings. The summed E-state index contributed by atoms with van der Waals surface area (Å²) >= 11 is 7.91. The number of amides is 1. The van der Waals surface area contributed by atoms with Crippen LogP contribution in [0.25, 0.3) is 10.2 Å². The van der Waals surface area contributed by atoms with Gasteiger partial charge >= 0.3 is 0 Å². The van der Waals surface area contributed by atoms with E-state index in [2.05, 4.69) is 17.0 Å². The van der Waals surface area contributed by atoms with Crippen molar-refractivity contribution in [3.63, 3.8) is 0 Å². The first kappa shape index (κ1) is 22.8. The predicted molar refractivity (Wildman–Crippen MR) is 136 cm³/mol. The maximum absolute atomic E-state index is 13.8. The number of halogens is 1. The Kier molecular flexibility index (Phi) is 6.97. The zero-order valence-electron chi connectivity index (χ0n) is 19.1. The van der Waals surface area contributed by atoms with Crippen LogP contribution in [0.2, 0.25) is 5.02 Å². The Bertz CT molecular complexity index is 1160. The van der Waals surface area contributed by atoms with Crippen molar-refractivity contribution in [3.8, 4) is 0 Å². The monoisotopic (exact) mass is 483 g/mol. The summed E-state index contributed by atoms with van der Waals surface area (Å²) in [6, 6.07) is 10.2. The second kappa shape index (κ2) is 10.1. The third-order valence-electron chi connectivity index (χ3n) is 6.77. The molecule has 0 N–H and O–H groups in total. The summed E-state index contributed by atoms with van der Waals surface area (Å²) in [6.45, 7) is 7.07. The average molecular weight is 484 g/mol. The first-order chi connectivity index (χ1) is 16.1. The quantitative estimate of drug-likeness (QED) is 0.464. The number of carbonyl (C=O) groups excluding carboxylic acids is 1. The molecule has 0 radical (unpaired) electrons. The fraction of sp³-hybridized carbons (Fsp3) is 0.462. The van der Waals surface area contributed by atoms with Gasteiger partial charge in [0.1, 0.15) is 0 Å². The molecule has 0 spiro atoms. The molecule has 1 amide bonds. The number of nitrogens with zero attached hydrogens (tertiary/aromatic N) is 3. The molecule has 0 unspecified atom stereocenters. The first-order valence-electron chi connectivity index (χ1n) is 11.9. The lowest BCUT2D eigenvalue weighted by molar-refractivity contribution is 0.0376. The Hall–Kier alpha value is -1.99. The van der Waals surface area contributed by atoms with Gasteiger partial charge in [0.2, 0.25) is 0 Å². The zero-order valence-corrected chi connectivity index (χ0v) is 20.7. The molecule has 5 nitrogen and oxygen atoms in total. The number of fused-ring (bicyclic) bond motifs is 2. The third kappa shape index (κ3) is 4.94. The van der Waals surface area contributed by atoms with E-state index in [-0.39, 0.29) is 5.91 Å². The third-order valence-corrected chi connectivity index (χ3v) is 8.22. The Morgan fingerprint density at radius 2 is 1.94 bits per heavy atom. The molecule has 1 saturated heterocycles. The summed E-state index contributed by atoms with van der Waals surface area (Å²) in [5.41, 5.74) is 5.33. The van der Waals surface area contributed by atoms with Gasteiger partial charge in [0.05, 0.1) is 23.4 Å². The molecule has 5 rings (SSSR count). The van der Waals surface area contributed by atoms with Crippen LogP contribution in [-0.4, -0.2) is 55.2 Å². The van der Waals surface area contributed by atoms with Gasteiger partial charge in [-0.05, 0) is 80.0 Å². The predicted octanol–water partition coefficient (Wildman–Crippen LogP) is 5.51. The van der Waals surface area contributed by atoms with E-state index in [1.54, 1.807) is 11.3 Å². The highest BCUT2D eigenvalue weighted by Gasteiger charge is 2.24. The zero-order chi connectivity index (χ0) is 22.8. The summed E-state index contributed by atoms with van der Waals surface area (Å²) in [7, 11) is 0. The lowest BCUT2D eigenvalue weighted by Crippen LogP contribution is -2.39. The second-order valence-electron chi connectivity index (χ2n) is 8.97. The van der Waals surface area contributed by atoms with E-state index < -0.39 is 0 Å². The molecule has 1 aromatic heterocycles. The topological polar surface area (TPSA) is 45.7 Å². The number of rotatable bonds is 6. The van der Waals surface area contributed by atoms with Crippen molar-refractivity contribution < 1.29 is 9.53 Å². The maximum atomic E-state index is 13.8. The van der Waals surface area contributed by atoms with Crippen LogP contribution in [-0.2, 0) is 17.6 Å². The molecule has 1 aliphatic carbocycles. The fourth-order valence-corrected chi connectivity index (χ4v) is 5.99. The molecule has 2 aromatic carbocycles. The van der Waals surface area contributed by atoms with Crippen LogP contribution in [0, 0.1) is 6.92 Å². The van der Waals surface area contributed by atoms with Gasteiger partial charge in [0, 0.05) is 36.8 Å². The molecule has 2 heterocycles. The number of benzene rings is 2. The molecular weight excluding hydrogens is 454 g/mol. The minimum atomic E-state index is 0.0353. The van der Waals surface area contributed by atoms with E-state index in [1.807, 2.05) is 30.0 Å². The molecule has 7 heteroatoms. The van der Waals surface area contributed by atoms with Gasteiger partial charge in [0.25, 0.3) is 5.91 Å². The number of morpholine rings is 1. The van der Waals surface area contributed by atoms with Crippen molar-refractivity contribution in [1.82, 2.24) is 9.88 Å². The molecule has 0 bridgehead atoms. The van der Waals surface area contributed by atoms with Gasteiger partial charge in [-0.3, -0.25) is 14.6 Å². The van der Waals surface area contributed by atoms with Crippen LogP contribution in [0.5, 0.6) is 0 Å². The van der Waals surface area contributed by atoms with E-state index in [9.17, 15) is 4.79 Å². The van der Waals surface area contributed by atoms with Crippen LogP contribution < -0.4 is 4.90 Å². The molecule has 33 heavy (non-hydrogen) atoms. The second-order valence-corrected chi connectivity index (χ2v) is 10.4. The number of anilines is 1. The van der Waals surface area contributed by atoms with E-state index in [0.717, 1.165) is 78.6 Å². The normalized spacial score (nSPS) is 16.7. The summed E-state index contributed by atoms with van der Waals surface area (Å²) in [5.74, 6) is 0.0353. The van der Waals surface area contributed by atoms with Crippen molar-refractivity contribution in [2.75, 3.05) is 44.3 Å². The summed E-state index contributed by atoms with van der Waals surface area (Å²) in [6.07, 6.45) is 5.51. The van der Waals surface area contributed by atoms with Crippen LogP contribution in [0.4, 0.5) is 5.13 Å². The summed E-state index contributed by atoms with van der Waals surface area (Å²) in [4.78, 5) is 22.9. The molecular formula is C26H30ClN3O2S. The number of hydrogen-bond acceptors (Lipinski definition) is 5. The number of carbonyl (C=O) groups is 1. The minimum absolute atomic E-state index is 0.0353. The Morgan fingerprint density at radius 3 is 2.76 bits per heavy atom. The highest BCUT2D eigenvalue weighted by molar-refractivity contribution is 7.22. The molecule has 1 aliphatic heterocycles. The van der Waals surface area contributed by atoms with Gasteiger partial charge in [0.15, 0.2) is 5.13 Å². The highest BCUT2D eigenvalue weighted by Crippen LogP contribution is 2.34. The number of thiazole rings is 1. The molecule has 0 atom stereocenters. The first-order valence-corrected chi connectivity index (χ1v) is 13.1. The standard InChI is InChI=1S/C26H30ClN3O2S/c1-18-22(27)9-10-23-24(18)28-26(33-23)30(12-4-11-29-13-15-32-16-14-29)25(31)21-8-7-19-5-2-3-6-20(19)17-21/h7-10,17H,2-6,11-16H2,1H3. The smallest absolute Gasteiger partial charge is 0.260 e. The lowest BCUT2D eigenvalue weighted by atomic mass is 9.90. The summed E-state index contributed by atoms with van der Waals surface area (Å²) in [5, 5.41) is 1.46. The summed E-state index contributed by atoms with van der Waals surface area (Å²) < 4.78 is 6.53. The van der Waals surface area contributed by atoms with Crippen molar-refractivity contribution in [2.45, 2.75) is 39.0 Å². The van der Waals surface area contributed by atoms with Gasteiger partial charge in [-0.2, -0.15) is 0 Å². The van der Waals surface area contributed by atoms with Gasteiger partial charge in [-0.1, -0.05) is 29.0 Å². The van der Waals surface area contributed by atoms with Crippen LogP contribution in [0.3, 0.4) is 0 Å². The lowest BCUT2D eigenvalue weighted by Gasteiger charge is -2.28. The van der Waals surface area contributed by atoms with Crippen molar-refractivity contribution >= 4 is 44.2 Å². The van der Waals surface area contributed by atoms with Gasteiger partial charge < -0.3 is 4.74 Å². The Balaban J connectivity index is 1.43. The van der Waals surface area contributed by atoms with Crippen molar-refractivity contribution in [3.05, 3.63) is 57.6 Å². The van der Waals surface area contributed by atoms with Crippen molar-refractivity contribution in [2.24, 2.45) is 0 Å². The van der Waals surface area contributed by atoms with Crippen molar-refractivity contribution in [1.29, 1.82) is 0 Å². The van der Waals surface area contributed by atoms with Crippen LogP contribution in [0.15, 0.2) is 30.3 Å². The Morgan fingerprint density at radius 1 is 1.15 bits per heavy atom. The van der Waals surface area contributed by atoms with E-state index in [0.29, 0.717) is 11.6 Å². The Labute approximate surface area is 204 Å². The molecule has 2 aliphatic rings. The number of ether oxygens (including phenoxy) is 1. The van der Waals surface area contributed by atoms with Gasteiger partial charge in [-0.25, -0.2) is 4.98 Å². The number of aromatic nitrogens is 1.